The minimum Gasteiger partial charge on any atom is -0.481 e. The minimum atomic E-state index is -1.29. The Morgan fingerprint density at radius 2 is 1.45 bits per heavy atom. The summed E-state index contributed by atoms with van der Waals surface area (Å²) in [5.41, 5.74) is 5.87. The Balaban J connectivity index is 5.59. The number of amides is 3. The highest BCUT2D eigenvalue weighted by atomic mass is 32.2. The third-order valence-electron chi connectivity index (χ3n) is 5.32. The number of carboxylic acid groups (broad SMARTS) is 2. The van der Waals surface area contributed by atoms with Gasteiger partial charge in [0.25, 0.3) is 0 Å². The Morgan fingerprint density at radius 3 is 1.91 bits per heavy atom. The van der Waals surface area contributed by atoms with Crippen LogP contribution < -0.4 is 21.7 Å². The number of thioether (sulfide) groups is 1. The van der Waals surface area contributed by atoms with E-state index < -0.39 is 60.2 Å². The van der Waals surface area contributed by atoms with Crippen LogP contribution in [0.1, 0.15) is 53.4 Å². The summed E-state index contributed by atoms with van der Waals surface area (Å²) in [6.07, 6.45) is 1.84. The van der Waals surface area contributed by atoms with E-state index >= 15 is 0 Å². The largest absolute Gasteiger partial charge is 0.481 e. The van der Waals surface area contributed by atoms with Crippen molar-refractivity contribution in [3.05, 3.63) is 0 Å². The van der Waals surface area contributed by atoms with Gasteiger partial charge in [-0.1, -0.05) is 34.1 Å². The van der Waals surface area contributed by atoms with E-state index in [4.69, 9.17) is 10.8 Å². The topological polar surface area (TPSA) is 188 Å². The van der Waals surface area contributed by atoms with Crippen LogP contribution in [0.15, 0.2) is 0 Å². The zero-order chi connectivity index (χ0) is 25.7. The molecule has 33 heavy (non-hydrogen) atoms. The summed E-state index contributed by atoms with van der Waals surface area (Å²) in [4.78, 5) is 60.7. The van der Waals surface area contributed by atoms with Crippen molar-refractivity contribution in [2.45, 2.75) is 77.5 Å². The van der Waals surface area contributed by atoms with E-state index in [0.29, 0.717) is 12.2 Å². The van der Waals surface area contributed by atoms with Gasteiger partial charge in [-0.25, -0.2) is 4.79 Å². The second kappa shape index (κ2) is 15.5. The molecule has 0 heterocycles. The lowest BCUT2D eigenvalue weighted by atomic mass is 9.96. The van der Waals surface area contributed by atoms with Gasteiger partial charge in [-0.2, -0.15) is 11.8 Å². The summed E-state index contributed by atoms with van der Waals surface area (Å²) in [6, 6.07) is -4.29. The van der Waals surface area contributed by atoms with Gasteiger partial charge in [-0.3, -0.25) is 19.2 Å². The van der Waals surface area contributed by atoms with E-state index in [0.717, 1.165) is 0 Å². The van der Waals surface area contributed by atoms with Crippen LogP contribution in [-0.4, -0.2) is 76.0 Å². The average Bonchev–Trinajstić information content (AvgIpc) is 2.75. The zero-order valence-corrected chi connectivity index (χ0v) is 20.7. The number of carbonyl (C=O) groups is 5. The van der Waals surface area contributed by atoms with E-state index in [1.54, 1.807) is 27.0 Å². The number of carbonyl (C=O) groups excluding carboxylic acids is 3. The molecule has 0 saturated carbocycles. The summed E-state index contributed by atoms with van der Waals surface area (Å²) >= 11 is 1.41. The van der Waals surface area contributed by atoms with Gasteiger partial charge in [-0.15, -0.1) is 0 Å². The van der Waals surface area contributed by atoms with Crippen molar-refractivity contribution >= 4 is 41.4 Å². The Morgan fingerprint density at radius 1 is 0.879 bits per heavy atom. The molecule has 7 N–H and O–H groups in total. The molecule has 0 fully saturated rings. The first-order chi connectivity index (χ1) is 15.3. The van der Waals surface area contributed by atoms with Crippen LogP contribution in [0.3, 0.4) is 0 Å². The van der Waals surface area contributed by atoms with Crippen molar-refractivity contribution in [2.75, 3.05) is 12.0 Å². The molecule has 12 heteroatoms. The Kier molecular flexibility index (Phi) is 14.4. The van der Waals surface area contributed by atoms with E-state index in [-0.39, 0.29) is 24.7 Å². The molecule has 5 unspecified atom stereocenters. The maximum absolute atomic E-state index is 13.0. The lowest BCUT2D eigenvalue weighted by Gasteiger charge is -2.28. The number of carboxylic acids is 2. The van der Waals surface area contributed by atoms with E-state index in [9.17, 15) is 29.1 Å². The maximum Gasteiger partial charge on any atom is 0.326 e. The third kappa shape index (κ3) is 11.4. The summed E-state index contributed by atoms with van der Waals surface area (Å²) in [5.74, 6) is -4.36. The maximum atomic E-state index is 13.0. The average molecular weight is 491 g/mol. The summed E-state index contributed by atoms with van der Waals surface area (Å²) in [5, 5.41) is 25.9. The van der Waals surface area contributed by atoms with Gasteiger partial charge in [0.05, 0.1) is 6.04 Å². The van der Waals surface area contributed by atoms with Crippen molar-refractivity contribution in [3.63, 3.8) is 0 Å². The molecule has 0 aliphatic carbocycles. The summed E-state index contributed by atoms with van der Waals surface area (Å²) in [6.45, 7) is 7.12. The molecule has 3 amide bonds. The second-order valence-corrected chi connectivity index (χ2v) is 9.30. The van der Waals surface area contributed by atoms with Crippen LogP contribution in [0.4, 0.5) is 0 Å². The van der Waals surface area contributed by atoms with Crippen LogP contribution in [0.5, 0.6) is 0 Å². The quantitative estimate of drug-likeness (QED) is 0.175. The number of hydrogen-bond acceptors (Lipinski definition) is 7. The molecule has 11 nitrogen and oxygen atoms in total. The zero-order valence-electron chi connectivity index (χ0n) is 19.9. The molecule has 0 spiro atoms. The summed E-state index contributed by atoms with van der Waals surface area (Å²) in [7, 11) is 0. The van der Waals surface area contributed by atoms with Crippen molar-refractivity contribution in [1.29, 1.82) is 0 Å². The monoisotopic (exact) mass is 490 g/mol. The van der Waals surface area contributed by atoms with Gasteiger partial charge in [0.15, 0.2) is 0 Å². The number of rotatable bonds is 16. The molecule has 0 radical (unpaired) electrons. The van der Waals surface area contributed by atoms with Gasteiger partial charge in [0.2, 0.25) is 17.7 Å². The van der Waals surface area contributed by atoms with Crippen molar-refractivity contribution in [3.8, 4) is 0 Å². The van der Waals surface area contributed by atoms with E-state index in [1.807, 2.05) is 6.92 Å². The first-order valence-electron chi connectivity index (χ1n) is 11.0. The van der Waals surface area contributed by atoms with Crippen LogP contribution >= 0.6 is 11.8 Å². The van der Waals surface area contributed by atoms with Gasteiger partial charge < -0.3 is 31.9 Å². The van der Waals surface area contributed by atoms with E-state index in [1.165, 1.54) is 11.8 Å². The Labute approximate surface area is 199 Å². The molecular formula is C21H38N4O7S. The lowest BCUT2D eigenvalue weighted by Crippen LogP contribution is -2.59. The number of aliphatic carboxylic acids is 2. The standard InChI is InChI=1S/C21H38N4O7S/c1-6-12(4)17(25-19(29)16(22)11(2)3)20(30)23-13(7-8-15(26)27)18(28)24-14(21(31)32)9-10-33-5/h11-14,16-17H,6-10,22H2,1-5H3,(H,23,30)(H,24,28)(H,25,29)(H,26,27)(H,31,32). The number of hydrogen-bond donors (Lipinski definition) is 6. The first-order valence-corrected chi connectivity index (χ1v) is 12.3. The van der Waals surface area contributed by atoms with Crippen LogP contribution in [0.2, 0.25) is 0 Å². The second-order valence-electron chi connectivity index (χ2n) is 8.32. The van der Waals surface area contributed by atoms with E-state index in [2.05, 4.69) is 16.0 Å². The smallest absolute Gasteiger partial charge is 0.326 e. The van der Waals surface area contributed by atoms with Crippen molar-refractivity contribution < 1.29 is 34.2 Å². The normalized spacial score (nSPS) is 15.6. The molecule has 0 bridgehead atoms. The molecule has 0 aliphatic rings. The summed E-state index contributed by atoms with van der Waals surface area (Å²) < 4.78 is 0. The fraction of sp³-hybridized carbons (Fsp3) is 0.762. The highest BCUT2D eigenvalue weighted by molar-refractivity contribution is 7.98. The third-order valence-corrected chi connectivity index (χ3v) is 5.96. The molecule has 0 aromatic rings. The molecule has 190 valence electrons. The minimum absolute atomic E-state index is 0.158. The van der Waals surface area contributed by atoms with Gasteiger partial charge >= 0.3 is 11.9 Å². The Hall–Kier alpha value is -2.34. The first kappa shape index (κ1) is 30.7. The molecule has 0 aliphatic heterocycles. The highest BCUT2D eigenvalue weighted by Gasteiger charge is 2.33. The highest BCUT2D eigenvalue weighted by Crippen LogP contribution is 2.11. The van der Waals surface area contributed by atoms with Crippen LogP contribution in [-0.2, 0) is 24.0 Å². The molecular weight excluding hydrogens is 452 g/mol. The van der Waals surface area contributed by atoms with Crippen molar-refractivity contribution in [2.24, 2.45) is 17.6 Å². The van der Waals surface area contributed by atoms with Crippen LogP contribution in [0.25, 0.3) is 0 Å². The molecule has 0 saturated heterocycles. The number of nitrogens with two attached hydrogens (primary N) is 1. The Bertz CT molecular complexity index is 690. The predicted molar refractivity (Wildman–Crippen MR) is 126 cm³/mol. The lowest BCUT2D eigenvalue weighted by molar-refractivity contribution is -0.143. The number of nitrogens with one attached hydrogen (secondary N) is 3. The van der Waals surface area contributed by atoms with Gasteiger partial charge in [0, 0.05) is 6.42 Å². The fourth-order valence-corrected chi connectivity index (χ4v) is 3.29. The van der Waals surface area contributed by atoms with Gasteiger partial charge in [-0.05, 0) is 36.7 Å². The molecule has 5 atom stereocenters. The SMILES string of the molecule is CCC(C)C(NC(=O)C(N)C(C)C)C(=O)NC(CCC(=O)O)C(=O)NC(CCSC)C(=O)O. The van der Waals surface area contributed by atoms with Gasteiger partial charge in [0.1, 0.15) is 18.1 Å². The predicted octanol–water partition coefficient (Wildman–Crippen LogP) is 0.173. The molecule has 0 aromatic carbocycles. The van der Waals surface area contributed by atoms with Crippen molar-refractivity contribution in [1.82, 2.24) is 16.0 Å². The molecule has 0 aromatic heterocycles. The fourth-order valence-electron chi connectivity index (χ4n) is 2.82. The van der Waals surface area contributed by atoms with Crippen LogP contribution in [0, 0.1) is 11.8 Å². The molecule has 0 rings (SSSR count).